The fraction of sp³-hybridized carbons (Fsp3) is 0.519. The van der Waals surface area contributed by atoms with Crippen molar-refractivity contribution in [1.82, 2.24) is 15.5 Å². The first-order valence-electron chi connectivity index (χ1n) is 12.0. The summed E-state index contributed by atoms with van der Waals surface area (Å²) < 4.78 is 5.21. The molecule has 5 nitrogen and oxygen atoms in total. The summed E-state index contributed by atoms with van der Waals surface area (Å²) in [4.78, 5) is 15.3. The molecule has 0 aromatic heterocycles. The quantitative estimate of drug-likeness (QED) is 0.630. The number of ether oxygens (including phenoxy) is 1. The zero-order valence-electron chi connectivity index (χ0n) is 19.5. The van der Waals surface area contributed by atoms with Crippen molar-refractivity contribution in [3.05, 3.63) is 65.2 Å². The van der Waals surface area contributed by atoms with Crippen LogP contribution in [-0.2, 0) is 17.8 Å². The van der Waals surface area contributed by atoms with Gasteiger partial charge >= 0.3 is 0 Å². The Kier molecular flexibility index (Phi) is 7.82. The van der Waals surface area contributed by atoms with Gasteiger partial charge in [0.25, 0.3) is 0 Å². The first kappa shape index (κ1) is 22.8. The van der Waals surface area contributed by atoms with Gasteiger partial charge in [-0.05, 0) is 55.1 Å². The van der Waals surface area contributed by atoms with Gasteiger partial charge in [-0.2, -0.15) is 0 Å². The molecule has 4 rings (SSSR count). The number of amides is 1. The fourth-order valence-corrected chi connectivity index (χ4v) is 5.13. The maximum Gasteiger partial charge on any atom is 0.225 e. The zero-order valence-corrected chi connectivity index (χ0v) is 19.5. The van der Waals surface area contributed by atoms with Crippen LogP contribution in [0.3, 0.4) is 0 Å². The van der Waals surface area contributed by atoms with Gasteiger partial charge < -0.3 is 20.3 Å². The van der Waals surface area contributed by atoms with Crippen LogP contribution < -0.4 is 15.4 Å². The predicted octanol–water partition coefficient (Wildman–Crippen LogP) is 3.73. The molecule has 2 aromatic carbocycles. The molecular weight excluding hydrogens is 398 g/mol. The van der Waals surface area contributed by atoms with E-state index < -0.39 is 0 Å². The van der Waals surface area contributed by atoms with Gasteiger partial charge in [0.05, 0.1) is 13.0 Å². The Bertz CT molecular complexity index is 859. The van der Waals surface area contributed by atoms with Crippen LogP contribution in [0.15, 0.2) is 48.5 Å². The molecule has 0 bridgehead atoms. The summed E-state index contributed by atoms with van der Waals surface area (Å²) in [5.74, 6) is 1.27. The maximum atomic E-state index is 13.0. The number of hydrogen-bond donors (Lipinski definition) is 2. The van der Waals surface area contributed by atoms with Crippen molar-refractivity contribution in [3.8, 4) is 5.75 Å². The maximum absolute atomic E-state index is 13.0. The second-order valence-corrected chi connectivity index (χ2v) is 9.43. The number of likely N-dealkylation sites (tertiary alicyclic amines) is 1. The molecule has 1 amide bonds. The minimum atomic E-state index is -0.00155. The van der Waals surface area contributed by atoms with Crippen LogP contribution in [0.4, 0.5) is 0 Å². The van der Waals surface area contributed by atoms with Crippen LogP contribution >= 0.6 is 0 Å². The molecule has 2 aromatic rings. The van der Waals surface area contributed by atoms with Crippen LogP contribution in [0, 0.1) is 5.92 Å². The standard InChI is InChI=1S/C27H37N3O2/c1-30-18-25(22-11-7-21(8-12-22)17-29-23-5-3-4-6-23)26(19-30)27(31)28-16-15-20-9-13-24(32-2)14-10-20/h7-14,23,25-26,29H,3-6,15-19H2,1-2H3,(H,28,31)/t25-,26+/m0/s1. The van der Waals surface area contributed by atoms with E-state index in [4.69, 9.17) is 4.74 Å². The van der Waals surface area contributed by atoms with Crippen LogP contribution in [-0.4, -0.2) is 50.6 Å². The molecule has 1 saturated heterocycles. The third-order valence-corrected chi connectivity index (χ3v) is 7.07. The minimum absolute atomic E-state index is 0.00155. The normalized spacial score (nSPS) is 21.7. The molecule has 32 heavy (non-hydrogen) atoms. The summed E-state index contributed by atoms with van der Waals surface area (Å²) >= 11 is 0. The van der Waals surface area contributed by atoms with Crippen LogP contribution in [0.1, 0.15) is 48.3 Å². The van der Waals surface area contributed by atoms with Crippen molar-refractivity contribution in [2.24, 2.45) is 5.92 Å². The Morgan fingerprint density at radius 2 is 1.69 bits per heavy atom. The summed E-state index contributed by atoms with van der Waals surface area (Å²) in [7, 11) is 3.78. The Morgan fingerprint density at radius 3 is 2.38 bits per heavy atom. The van der Waals surface area contributed by atoms with Gasteiger partial charge in [0.1, 0.15) is 5.75 Å². The number of likely N-dealkylation sites (N-methyl/N-ethyl adjacent to an activating group) is 1. The van der Waals surface area contributed by atoms with E-state index in [2.05, 4.69) is 59.0 Å². The molecule has 0 radical (unpaired) electrons. The van der Waals surface area contributed by atoms with Gasteiger partial charge in [-0.15, -0.1) is 0 Å². The first-order valence-corrected chi connectivity index (χ1v) is 12.0. The highest BCUT2D eigenvalue weighted by atomic mass is 16.5. The Labute approximate surface area is 192 Å². The summed E-state index contributed by atoms with van der Waals surface area (Å²) in [6.07, 6.45) is 6.15. The number of hydrogen-bond acceptors (Lipinski definition) is 4. The molecule has 5 heteroatoms. The van der Waals surface area contributed by atoms with E-state index in [1.54, 1.807) is 7.11 Å². The van der Waals surface area contributed by atoms with Crippen LogP contribution in [0.25, 0.3) is 0 Å². The number of rotatable bonds is 9. The molecular formula is C27H37N3O2. The lowest BCUT2D eigenvalue weighted by Gasteiger charge is -2.19. The second-order valence-electron chi connectivity index (χ2n) is 9.43. The number of nitrogens with one attached hydrogen (secondary N) is 2. The first-order chi connectivity index (χ1) is 15.6. The molecule has 172 valence electrons. The van der Waals surface area contributed by atoms with E-state index in [9.17, 15) is 4.79 Å². The van der Waals surface area contributed by atoms with E-state index in [0.29, 0.717) is 12.6 Å². The number of nitrogens with zero attached hydrogens (tertiary/aromatic N) is 1. The van der Waals surface area contributed by atoms with Crippen molar-refractivity contribution in [3.63, 3.8) is 0 Å². The van der Waals surface area contributed by atoms with E-state index >= 15 is 0 Å². The minimum Gasteiger partial charge on any atom is -0.497 e. The Hall–Kier alpha value is -2.37. The van der Waals surface area contributed by atoms with E-state index in [-0.39, 0.29) is 17.7 Å². The third kappa shape index (κ3) is 5.90. The number of benzene rings is 2. The van der Waals surface area contributed by atoms with Crippen molar-refractivity contribution in [1.29, 1.82) is 0 Å². The second kappa shape index (κ2) is 11.0. The average molecular weight is 436 g/mol. The van der Waals surface area contributed by atoms with Crippen molar-refractivity contribution >= 4 is 5.91 Å². The molecule has 2 aliphatic rings. The molecule has 1 aliphatic carbocycles. The SMILES string of the molecule is COc1ccc(CCNC(=O)[C@@H]2CN(C)C[C@H]2c2ccc(CNC3CCCC3)cc2)cc1. The molecule has 2 N–H and O–H groups in total. The van der Waals surface area contributed by atoms with E-state index in [1.165, 1.54) is 42.4 Å². The average Bonchev–Trinajstić information content (AvgIpc) is 3.48. The zero-order chi connectivity index (χ0) is 22.3. The topological polar surface area (TPSA) is 53.6 Å². The summed E-state index contributed by atoms with van der Waals surface area (Å²) in [5, 5.41) is 6.86. The molecule has 2 fully saturated rings. The number of methoxy groups -OCH3 is 1. The summed E-state index contributed by atoms with van der Waals surface area (Å²) in [6, 6.07) is 17.6. The highest BCUT2D eigenvalue weighted by Crippen LogP contribution is 2.32. The van der Waals surface area contributed by atoms with Crippen molar-refractivity contribution < 1.29 is 9.53 Å². The van der Waals surface area contributed by atoms with Gasteiger partial charge in [0.15, 0.2) is 0 Å². The van der Waals surface area contributed by atoms with Crippen LogP contribution in [0.5, 0.6) is 5.75 Å². The van der Waals surface area contributed by atoms with Gasteiger partial charge in [-0.25, -0.2) is 0 Å². The fourth-order valence-electron chi connectivity index (χ4n) is 5.13. The number of carbonyl (C=O) groups excluding carboxylic acids is 1. The monoisotopic (exact) mass is 435 g/mol. The molecule has 1 heterocycles. The lowest BCUT2D eigenvalue weighted by molar-refractivity contribution is -0.124. The molecule has 0 spiro atoms. The van der Waals surface area contributed by atoms with Crippen molar-refractivity contribution in [2.45, 2.75) is 50.6 Å². The molecule has 1 aliphatic heterocycles. The third-order valence-electron chi connectivity index (χ3n) is 7.07. The largest absolute Gasteiger partial charge is 0.497 e. The lowest BCUT2D eigenvalue weighted by atomic mass is 9.88. The van der Waals surface area contributed by atoms with E-state index in [0.717, 1.165) is 31.8 Å². The van der Waals surface area contributed by atoms with E-state index in [1.807, 2.05) is 12.1 Å². The highest BCUT2D eigenvalue weighted by Gasteiger charge is 2.36. The van der Waals surface area contributed by atoms with Gasteiger partial charge in [0.2, 0.25) is 5.91 Å². The lowest BCUT2D eigenvalue weighted by Crippen LogP contribution is -2.35. The van der Waals surface area contributed by atoms with Gasteiger partial charge in [0, 0.05) is 38.1 Å². The Balaban J connectivity index is 1.30. The van der Waals surface area contributed by atoms with Gasteiger partial charge in [-0.3, -0.25) is 4.79 Å². The van der Waals surface area contributed by atoms with Crippen LogP contribution in [0.2, 0.25) is 0 Å². The Morgan fingerprint density at radius 1 is 1.00 bits per heavy atom. The number of carbonyl (C=O) groups is 1. The summed E-state index contributed by atoms with van der Waals surface area (Å²) in [6.45, 7) is 3.33. The molecule has 1 saturated carbocycles. The predicted molar refractivity (Wildman–Crippen MR) is 129 cm³/mol. The molecule has 0 unspecified atom stereocenters. The molecule has 2 atom stereocenters. The smallest absolute Gasteiger partial charge is 0.225 e. The summed E-state index contributed by atoms with van der Waals surface area (Å²) in [5.41, 5.74) is 3.80. The van der Waals surface area contributed by atoms with Crippen molar-refractivity contribution in [2.75, 3.05) is 33.8 Å². The highest BCUT2D eigenvalue weighted by molar-refractivity contribution is 5.80. The van der Waals surface area contributed by atoms with Gasteiger partial charge in [-0.1, -0.05) is 49.2 Å².